The second kappa shape index (κ2) is 10.1. The van der Waals surface area contributed by atoms with Crippen molar-refractivity contribution in [3.8, 4) is 11.4 Å². The molecule has 33 heavy (non-hydrogen) atoms. The molecule has 0 aliphatic carbocycles. The molecule has 10 nitrogen and oxygen atoms in total. The summed E-state index contributed by atoms with van der Waals surface area (Å²) >= 11 is 0. The minimum Gasteiger partial charge on any atom is -0.377 e. The summed E-state index contributed by atoms with van der Waals surface area (Å²) in [4.78, 5) is 37.4. The number of carbonyl (C=O) groups excluding carboxylic acids is 2. The van der Waals surface area contributed by atoms with E-state index in [0.29, 0.717) is 37.8 Å². The van der Waals surface area contributed by atoms with Gasteiger partial charge in [0.15, 0.2) is 5.82 Å². The van der Waals surface area contributed by atoms with Crippen LogP contribution in [0.1, 0.15) is 25.1 Å². The van der Waals surface area contributed by atoms with Crippen LogP contribution < -0.4 is 21.3 Å². The summed E-state index contributed by atoms with van der Waals surface area (Å²) < 4.78 is 5.63. The molecule has 176 valence electrons. The van der Waals surface area contributed by atoms with Crippen molar-refractivity contribution in [1.29, 1.82) is 0 Å². The van der Waals surface area contributed by atoms with Crippen LogP contribution in [-0.2, 0) is 22.5 Å². The number of hydrogen-bond donors (Lipinski definition) is 3. The predicted molar refractivity (Wildman–Crippen MR) is 126 cm³/mol. The maximum atomic E-state index is 11.8. The van der Waals surface area contributed by atoms with E-state index in [4.69, 9.17) is 20.4 Å². The number of benzene rings is 1. The van der Waals surface area contributed by atoms with Gasteiger partial charge in [0.1, 0.15) is 5.82 Å². The van der Waals surface area contributed by atoms with Crippen molar-refractivity contribution in [2.45, 2.75) is 32.9 Å². The molecule has 0 spiro atoms. The van der Waals surface area contributed by atoms with Crippen molar-refractivity contribution < 1.29 is 14.3 Å². The lowest BCUT2D eigenvalue weighted by Crippen LogP contribution is -2.46. The monoisotopic (exact) mass is 453 g/mol. The first-order valence-corrected chi connectivity index (χ1v) is 11.3. The quantitative estimate of drug-likeness (QED) is 0.603. The van der Waals surface area contributed by atoms with Crippen LogP contribution in [0.15, 0.2) is 24.3 Å². The van der Waals surface area contributed by atoms with Gasteiger partial charge in [-0.2, -0.15) is 0 Å². The van der Waals surface area contributed by atoms with Crippen LogP contribution in [0.4, 0.5) is 16.3 Å². The van der Waals surface area contributed by atoms with E-state index >= 15 is 0 Å². The number of fused-ring (bicyclic) bond motifs is 1. The number of ether oxygens (including phenoxy) is 1. The van der Waals surface area contributed by atoms with Crippen LogP contribution in [0, 0.1) is 0 Å². The lowest BCUT2D eigenvalue weighted by atomic mass is 10.0. The molecule has 1 aromatic carbocycles. The number of nitrogens with two attached hydrogens (primary N) is 1. The van der Waals surface area contributed by atoms with Gasteiger partial charge >= 0.3 is 6.03 Å². The molecule has 4 rings (SSSR count). The van der Waals surface area contributed by atoms with Gasteiger partial charge in [-0.15, -0.1) is 0 Å². The molecule has 3 heterocycles. The summed E-state index contributed by atoms with van der Waals surface area (Å²) in [5.41, 5.74) is 9.02. The highest BCUT2D eigenvalue weighted by Crippen LogP contribution is 2.31. The molecule has 3 amide bonds. The van der Waals surface area contributed by atoms with E-state index in [9.17, 15) is 9.59 Å². The molecule has 4 N–H and O–H groups in total. The third kappa shape index (κ3) is 5.40. The van der Waals surface area contributed by atoms with E-state index in [-0.39, 0.29) is 24.5 Å². The van der Waals surface area contributed by atoms with E-state index in [1.165, 1.54) is 0 Å². The van der Waals surface area contributed by atoms with Gasteiger partial charge in [-0.3, -0.25) is 9.69 Å². The largest absolute Gasteiger partial charge is 0.377 e. The third-order valence-electron chi connectivity index (χ3n) is 5.88. The number of nitrogens with one attached hydrogen (secondary N) is 2. The first-order valence-electron chi connectivity index (χ1n) is 11.3. The smallest absolute Gasteiger partial charge is 0.319 e. The zero-order valence-corrected chi connectivity index (χ0v) is 19.1. The summed E-state index contributed by atoms with van der Waals surface area (Å²) in [6.07, 6.45) is 0.762. The molecule has 2 aliphatic heterocycles. The number of urea groups is 1. The Balaban J connectivity index is 1.67. The lowest BCUT2D eigenvalue weighted by Gasteiger charge is -2.37. The standard InChI is InChI=1S/C23H31N7O3/c1-3-25-23(32)26-17-6-4-16(5-7-17)21-27-19-12-29(13-20(24)31)9-8-18(19)22(28-21)30-10-11-33-14-15(30)2/h4-7,15H,3,8-14H2,1-2H3,(H2,24,31)(H2,25,26,32)/t15-/m0/s1. The Morgan fingerprint density at radius 2 is 2.00 bits per heavy atom. The molecular formula is C23H31N7O3. The first kappa shape index (κ1) is 22.9. The van der Waals surface area contributed by atoms with Crippen LogP contribution in [0.2, 0.25) is 0 Å². The molecule has 0 bridgehead atoms. The fourth-order valence-corrected chi connectivity index (χ4v) is 4.27. The average molecular weight is 454 g/mol. The van der Waals surface area contributed by atoms with Gasteiger partial charge < -0.3 is 26.0 Å². The van der Waals surface area contributed by atoms with Crippen LogP contribution in [0.25, 0.3) is 11.4 Å². The Morgan fingerprint density at radius 3 is 2.70 bits per heavy atom. The SMILES string of the molecule is CCNC(=O)Nc1ccc(-c2nc3c(c(N4CCOC[C@@H]4C)n2)CCN(CC(N)=O)C3)cc1. The van der Waals surface area contributed by atoms with Gasteiger partial charge in [0.05, 0.1) is 31.5 Å². The highest BCUT2D eigenvalue weighted by Gasteiger charge is 2.29. The minimum absolute atomic E-state index is 0.206. The van der Waals surface area contributed by atoms with Gasteiger partial charge in [-0.25, -0.2) is 14.8 Å². The van der Waals surface area contributed by atoms with Crippen LogP contribution in [0.3, 0.4) is 0 Å². The summed E-state index contributed by atoms with van der Waals surface area (Å²) in [6, 6.07) is 7.44. The second-order valence-electron chi connectivity index (χ2n) is 8.40. The Bertz CT molecular complexity index is 1010. The molecule has 1 atom stereocenters. The zero-order valence-electron chi connectivity index (χ0n) is 19.1. The maximum Gasteiger partial charge on any atom is 0.319 e. The predicted octanol–water partition coefficient (Wildman–Crippen LogP) is 1.35. The second-order valence-corrected chi connectivity index (χ2v) is 8.40. The summed E-state index contributed by atoms with van der Waals surface area (Å²) in [5, 5.41) is 5.51. The van der Waals surface area contributed by atoms with Crippen molar-refractivity contribution in [2.75, 3.05) is 49.6 Å². The number of anilines is 2. The number of nitrogens with zero attached hydrogens (tertiary/aromatic N) is 4. The molecule has 0 saturated carbocycles. The van der Waals surface area contributed by atoms with Crippen LogP contribution in [0.5, 0.6) is 0 Å². The van der Waals surface area contributed by atoms with Crippen LogP contribution in [-0.4, -0.2) is 72.2 Å². The van der Waals surface area contributed by atoms with E-state index in [2.05, 4.69) is 22.5 Å². The molecule has 2 aromatic rings. The van der Waals surface area contributed by atoms with Gasteiger partial charge in [0, 0.05) is 43.0 Å². The number of hydrogen-bond acceptors (Lipinski definition) is 7. The fourth-order valence-electron chi connectivity index (χ4n) is 4.27. The Kier molecular flexibility index (Phi) is 7.05. The van der Waals surface area contributed by atoms with Crippen LogP contribution >= 0.6 is 0 Å². The topological polar surface area (TPSA) is 126 Å². The first-order chi connectivity index (χ1) is 15.9. The van der Waals surface area contributed by atoms with Crippen molar-refractivity contribution in [1.82, 2.24) is 20.2 Å². The molecule has 0 unspecified atom stereocenters. The van der Waals surface area contributed by atoms with E-state index in [1.54, 1.807) is 0 Å². The number of primary amides is 1. The molecule has 0 radical (unpaired) electrons. The Morgan fingerprint density at radius 1 is 1.21 bits per heavy atom. The minimum atomic E-state index is -0.343. The Hall–Kier alpha value is -3.24. The van der Waals surface area contributed by atoms with Gasteiger partial charge in [-0.05, 0) is 44.5 Å². The lowest BCUT2D eigenvalue weighted by molar-refractivity contribution is -0.119. The summed E-state index contributed by atoms with van der Waals surface area (Å²) in [6.45, 7) is 8.15. The van der Waals surface area contributed by atoms with Crippen molar-refractivity contribution in [2.24, 2.45) is 5.73 Å². The van der Waals surface area contributed by atoms with E-state index in [1.807, 2.05) is 36.1 Å². The highest BCUT2D eigenvalue weighted by molar-refractivity contribution is 5.89. The normalized spacial score (nSPS) is 18.5. The molecule has 1 fully saturated rings. The number of aromatic nitrogens is 2. The van der Waals surface area contributed by atoms with Gasteiger partial charge in [0.2, 0.25) is 5.91 Å². The number of amides is 3. The average Bonchev–Trinajstić information content (AvgIpc) is 2.79. The number of carbonyl (C=O) groups is 2. The Labute approximate surface area is 193 Å². The highest BCUT2D eigenvalue weighted by atomic mass is 16.5. The molecule has 1 saturated heterocycles. The van der Waals surface area contributed by atoms with E-state index < -0.39 is 0 Å². The van der Waals surface area contributed by atoms with E-state index in [0.717, 1.165) is 42.1 Å². The molecular weight excluding hydrogens is 422 g/mol. The molecule has 2 aliphatic rings. The van der Waals surface area contributed by atoms with Crippen molar-refractivity contribution in [3.63, 3.8) is 0 Å². The van der Waals surface area contributed by atoms with Gasteiger partial charge in [-0.1, -0.05) is 0 Å². The summed E-state index contributed by atoms with van der Waals surface area (Å²) in [5.74, 6) is 1.21. The number of morpholine rings is 1. The number of rotatable bonds is 6. The fraction of sp³-hybridized carbons (Fsp3) is 0.478. The molecule has 10 heteroatoms. The zero-order chi connectivity index (χ0) is 23.4. The maximum absolute atomic E-state index is 11.8. The van der Waals surface area contributed by atoms with Crippen molar-refractivity contribution >= 4 is 23.4 Å². The summed E-state index contributed by atoms with van der Waals surface area (Å²) in [7, 11) is 0. The van der Waals surface area contributed by atoms with Gasteiger partial charge in [0.25, 0.3) is 0 Å². The molecule has 1 aromatic heterocycles. The third-order valence-corrected chi connectivity index (χ3v) is 5.88. The van der Waals surface area contributed by atoms with Crippen molar-refractivity contribution in [3.05, 3.63) is 35.5 Å².